The van der Waals surface area contributed by atoms with Gasteiger partial charge in [0.25, 0.3) is 0 Å². The Balaban J connectivity index is 0.992. The fourth-order valence-electron chi connectivity index (χ4n) is 5.81. The van der Waals surface area contributed by atoms with E-state index in [2.05, 4.69) is 18.9 Å². The number of hydrogen-bond acceptors (Lipinski definition) is 10. The molecule has 1 aromatic carbocycles. The normalized spacial score (nSPS) is 21.3. The summed E-state index contributed by atoms with van der Waals surface area (Å²) < 4.78 is 47.4. The number of piperidine rings is 2. The summed E-state index contributed by atoms with van der Waals surface area (Å²) in [6, 6.07) is 5.04. The summed E-state index contributed by atoms with van der Waals surface area (Å²) in [5, 5.41) is 4.21. The molecule has 0 N–H and O–H groups in total. The van der Waals surface area contributed by atoms with Gasteiger partial charge in [0.05, 0.1) is 11.7 Å². The van der Waals surface area contributed by atoms with Gasteiger partial charge in [0.1, 0.15) is 15.9 Å². The molecule has 0 bridgehead atoms. The van der Waals surface area contributed by atoms with Gasteiger partial charge in [0.15, 0.2) is 5.82 Å². The van der Waals surface area contributed by atoms with Crippen LogP contribution >= 0.6 is 11.7 Å². The van der Waals surface area contributed by atoms with E-state index in [1.54, 1.807) is 18.2 Å². The Morgan fingerprint density at radius 3 is 2.53 bits per heavy atom. The first-order valence-corrected chi connectivity index (χ1v) is 15.6. The number of ether oxygens (including phenoxy) is 1. The van der Waals surface area contributed by atoms with Crippen molar-refractivity contribution in [3.05, 3.63) is 29.9 Å². The zero-order chi connectivity index (χ0) is 26.1. The zero-order valence-corrected chi connectivity index (χ0v) is 22.8. The van der Waals surface area contributed by atoms with Gasteiger partial charge in [-0.1, -0.05) is 11.2 Å². The van der Waals surface area contributed by atoms with E-state index in [9.17, 15) is 13.2 Å². The van der Waals surface area contributed by atoms with E-state index in [0.29, 0.717) is 67.8 Å². The van der Waals surface area contributed by atoms with Crippen LogP contribution in [0.5, 0.6) is 0 Å². The number of carbonyl (C=O) groups excluding carboxylic acids is 1. The molecule has 3 aliphatic rings. The summed E-state index contributed by atoms with van der Waals surface area (Å²) in [4.78, 5) is 20.0. The molecule has 0 spiro atoms. The number of aromatic nitrogens is 4. The van der Waals surface area contributed by atoms with Gasteiger partial charge in [-0.05, 0) is 56.6 Å². The first-order chi connectivity index (χ1) is 18.5. The van der Waals surface area contributed by atoms with Gasteiger partial charge >= 0.3 is 0 Å². The summed E-state index contributed by atoms with van der Waals surface area (Å²) >= 11 is 1.01. The number of hydrogen-bond donors (Lipinski definition) is 0. The van der Waals surface area contributed by atoms with Crippen LogP contribution in [0.1, 0.15) is 56.2 Å². The molecule has 3 aliphatic heterocycles. The van der Waals surface area contributed by atoms with E-state index in [0.717, 1.165) is 62.9 Å². The van der Waals surface area contributed by atoms with Crippen LogP contribution in [0.3, 0.4) is 0 Å². The van der Waals surface area contributed by atoms with Crippen LogP contribution in [0, 0.1) is 11.8 Å². The SMILES string of the molecule is O=C(C1CCN(S(=O)(=O)c2cccc3nsnc23)CC1)N1CCC(Cc2nc(C3CCOCC3)no2)CC1. The predicted octanol–water partition coefficient (Wildman–Crippen LogP) is 2.85. The molecule has 204 valence electrons. The smallest absolute Gasteiger partial charge is 0.245 e. The van der Waals surface area contributed by atoms with Crippen molar-refractivity contribution in [2.45, 2.75) is 55.8 Å². The minimum atomic E-state index is -3.69. The molecule has 3 saturated heterocycles. The number of rotatable bonds is 6. The number of fused-ring (bicyclic) bond motifs is 1. The second kappa shape index (κ2) is 10.9. The van der Waals surface area contributed by atoms with E-state index in [1.807, 2.05) is 4.90 Å². The van der Waals surface area contributed by atoms with E-state index in [1.165, 1.54) is 4.31 Å². The molecule has 0 aliphatic carbocycles. The number of nitrogens with zero attached hydrogens (tertiary/aromatic N) is 6. The molecule has 0 atom stereocenters. The van der Waals surface area contributed by atoms with Gasteiger partial charge in [-0.25, -0.2) is 8.42 Å². The van der Waals surface area contributed by atoms with Crippen molar-refractivity contribution in [1.82, 2.24) is 28.1 Å². The van der Waals surface area contributed by atoms with Crippen LogP contribution in [0.2, 0.25) is 0 Å². The Labute approximate surface area is 225 Å². The third-order valence-corrected chi connectivity index (χ3v) is 10.6. The van der Waals surface area contributed by atoms with E-state index >= 15 is 0 Å². The van der Waals surface area contributed by atoms with Gasteiger partial charge < -0.3 is 14.2 Å². The maximum Gasteiger partial charge on any atom is 0.245 e. The molecular formula is C25H32N6O5S2. The standard InChI is InChI=1S/C25H32N6O5S2/c32-25(19-6-12-31(13-7-19)38(33,34)21-3-1-2-20-23(21)29-37-28-20)30-10-4-17(5-11-30)16-22-26-24(27-36-22)18-8-14-35-15-9-18/h1-3,17-19H,4-16H2. The van der Waals surface area contributed by atoms with E-state index < -0.39 is 10.0 Å². The Bertz CT molecular complexity index is 1370. The average molecular weight is 561 g/mol. The highest BCUT2D eigenvalue weighted by atomic mass is 32.2. The molecule has 38 heavy (non-hydrogen) atoms. The molecular weight excluding hydrogens is 528 g/mol. The van der Waals surface area contributed by atoms with Crippen molar-refractivity contribution in [3.63, 3.8) is 0 Å². The van der Waals surface area contributed by atoms with Crippen molar-refractivity contribution in [2.75, 3.05) is 39.4 Å². The Morgan fingerprint density at radius 1 is 1.00 bits per heavy atom. The lowest BCUT2D eigenvalue weighted by molar-refractivity contribution is -0.138. The molecule has 0 saturated carbocycles. The fourth-order valence-corrected chi connectivity index (χ4v) is 8.03. The highest BCUT2D eigenvalue weighted by Crippen LogP contribution is 2.30. The molecule has 1 amide bonds. The maximum atomic E-state index is 13.3. The Morgan fingerprint density at radius 2 is 1.76 bits per heavy atom. The summed E-state index contributed by atoms with van der Waals surface area (Å²) in [7, 11) is -3.69. The van der Waals surface area contributed by atoms with Crippen LogP contribution in [-0.2, 0) is 26.0 Å². The van der Waals surface area contributed by atoms with E-state index in [4.69, 9.17) is 9.26 Å². The largest absolute Gasteiger partial charge is 0.381 e. The third-order valence-electron chi connectivity index (χ3n) is 8.13. The average Bonchev–Trinajstić information content (AvgIpc) is 3.63. The number of sulfonamides is 1. The second-order valence-electron chi connectivity index (χ2n) is 10.5. The molecule has 2 aromatic heterocycles. The number of likely N-dealkylation sites (tertiary alicyclic amines) is 1. The van der Waals surface area contributed by atoms with Gasteiger partial charge in [0, 0.05) is 57.6 Å². The first-order valence-electron chi connectivity index (χ1n) is 13.4. The Kier molecular flexibility index (Phi) is 7.43. The molecule has 6 rings (SSSR count). The number of benzene rings is 1. The van der Waals surface area contributed by atoms with Crippen molar-refractivity contribution in [2.24, 2.45) is 11.8 Å². The minimum Gasteiger partial charge on any atom is -0.381 e. The minimum absolute atomic E-state index is 0.144. The van der Waals surface area contributed by atoms with E-state index in [-0.39, 0.29) is 16.7 Å². The lowest BCUT2D eigenvalue weighted by Crippen LogP contribution is -2.46. The monoisotopic (exact) mass is 560 g/mol. The van der Waals surface area contributed by atoms with Crippen molar-refractivity contribution in [3.8, 4) is 0 Å². The summed E-state index contributed by atoms with van der Waals surface area (Å²) in [6.07, 6.45) is 5.48. The van der Waals surface area contributed by atoms with Crippen molar-refractivity contribution in [1.29, 1.82) is 0 Å². The zero-order valence-electron chi connectivity index (χ0n) is 21.2. The lowest BCUT2D eigenvalue weighted by Gasteiger charge is -2.36. The predicted molar refractivity (Wildman–Crippen MR) is 139 cm³/mol. The molecule has 11 nitrogen and oxygen atoms in total. The number of carbonyl (C=O) groups is 1. The molecule has 13 heteroatoms. The highest BCUT2D eigenvalue weighted by Gasteiger charge is 2.36. The molecule has 0 radical (unpaired) electrons. The highest BCUT2D eigenvalue weighted by molar-refractivity contribution is 7.89. The third kappa shape index (κ3) is 5.21. The fraction of sp³-hybridized carbons (Fsp3) is 0.640. The van der Waals surface area contributed by atoms with Crippen LogP contribution in [-0.4, -0.2) is 81.8 Å². The van der Waals surface area contributed by atoms with Crippen LogP contribution in [0.25, 0.3) is 11.0 Å². The maximum absolute atomic E-state index is 13.3. The lowest BCUT2D eigenvalue weighted by atomic mass is 9.91. The summed E-state index contributed by atoms with van der Waals surface area (Å²) in [5.41, 5.74) is 1.00. The van der Waals surface area contributed by atoms with Gasteiger partial charge in [-0.2, -0.15) is 18.0 Å². The summed E-state index contributed by atoms with van der Waals surface area (Å²) in [5.74, 6) is 2.22. The Hall–Kier alpha value is -2.48. The van der Waals surface area contributed by atoms with Crippen LogP contribution in [0.4, 0.5) is 0 Å². The second-order valence-corrected chi connectivity index (χ2v) is 12.9. The van der Waals surface area contributed by atoms with Crippen LogP contribution in [0.15, 0.2) is 27.6 Å². The van der Waals surface area contributed by atoms with Crippen molar-refractivity contribution < 1.29 is 22.5 Å². The summed E-state index contributed by atoms with van der Waals surface area (Å²) in [6.45, 7) is 3.57. The van der Waals surface area contributed by atoms with Crippen LogP contribution < -0.4 is 0 Å². The molecule has 5 heterocycles. The molecule has 0 unspecified atom stereocenters. The quantitative estimate of drug-likeness (QED) is 0.446. The molecule has 3 fully saturated rings. The van der Waals surface area contributed by atoms with Crippen molar-refractivity contribution >= 4 is 38.7 Å². The van der Waals surface area contributed by atoms with Gasteiger partial charge in [-0.3, -0.25) is 4.79 Å². The number of amides is 1. The van der Waals surface area contributed by atoms with Gasteiger partial charge in [-0.15, -0.1) is 0 Å². The topological polar surface area (TPSA) is 132 Å². The first kappa shape index (κ1) is 25.8. The molecule has 3 aromatic rings. The van der Waals surface area contributed by atoms with Gasteiger partial charge in [0.2, 0.25) is 21.8 Å².